The Hall–Kier alpha value is -10.9. The van der Waals surface area contributed by atoms with Crippen molar-refractivity contribution in [2.24, 2.45) is 0 Å². The summed E-state index contributed by atoms with van der Waals surface area (Å²) in [6.07, 6.45) is 0. The average Bonchev–Trinajstić information content (AvgIpc) is 1.74. The molecule has 2 aromatic heterocycles. The molecule has 0 saturated heterocycles. The lowest BCUT2D eigenvalue weighted by Crippen LogP contribution is -2.61. The fourth-order valence-electron chi connectivity index (χ4n) is 14.1. The molecule has 398 valence electrons. The van der Waals surface area contributed by atoms with Gasteiger partial charge in [-0.1, -0.05) is 208 Å². The van der Waals surface area contributed by atoms with Crippen LogP contribution in [0.15, 0.2) is 285 Å². The van der Waals surface area contributed by atoms with E-state index in [1.54, 1.807) is 0 Å². The fraction of sp³-hybridized carbons (Fsp3) is 0.0385. The molecule has 0 radical (unpaired) electrons. The molecule has 0 fully saturated rings. The van der Waals surface area contributed by atoms with Crippen LogP contribution in [-0.4, -0.2) is 26.2 Å². The lowest BCUT2D eigenvalue weighted by Gasteiger charge is -2.44. The van der Waals surface area contributed by atoms with Crippen LogP contribution in [0.2, 0.25) is 0 Å². The number of aromatic nitrogens is 4. The summed E-state index contributed by atoms with van der Waals surface area (Å²) < 4.78 is 2.49. The summed E-state index contributed by atoms with van der Waals surface area (Å²) in [5.41, 5.74) is 26.5. The smallest absolute Gasteiger partial charge is 0.252 e. The number of nitrogens with zero attached hydrogens (tertiary/aromatic N) is 6. The van der Waals surface area contributed by atoms with E-state index in [9.17, 15) is 0 Å². The summed E-state index contributed by atoms with van der Waals surface area (Å²) in [7, 11) is 0. The van der Waals surface area contributed by atoms with Gasteiger partial charge in [-0.3, -0.25) is 0 Å². The maximum atomic E-state index is 5.27. The van der Waals surface area contributed by atoms with Crippen LogP contribution in [0.1, 0.15) is 25.0 Å². The molecule has 4 heterocycles. The van der Waals surface area contributed by atoms with Gasteiger partial charge < -0.3 is 14.4 Å². The molecular formula is C78H53BN6. The minimum Gasteiger partial charge on any atom is -0.311 e. The molecule has 3 aliphatic rings. The van der Waals surface area contributed by atoms with Gasteiger partial charge in [0.1, 0.15) is 0 Å². The molecule has 2 aliphatic heterocycles. The van der Waals surface area contributed by atoms with Crippen molar-refractivity contribution in [2.45, 2.75) is 19.3 Å². The van der Waals surface area contributed by atoms with E-state index in [1.165, 1.54) is 77.7 Å². The number of fused-ring (bicyclic) bond motifs is 10. The zero-order chi connectivity index (χ0) is 56.3. The molecule has 85 heavy (non-hydrogen) atoms. The molecule has 14 aromatic rings. The zero-order valence-corrected chi connectivity index (χ0v) is 46.9. The minimum atomic E-state index is -0.186. The Kier molecular flexibility index (Phi) is 11.0. The quantitative estimate of drug-likeness (QED) is 0.142. The van der Waals surface area contributed by atoms with Gasteiger partial charge in [0.25, 0.3) is 6.71 Å². The van der Waals surface area contributed by atoms with Crippen molar-refractivity contribution < 1.29 is 0 Å². The van der Waals surface area contributed by atoms with E-state index in [0.717, 1.165) is 61.5 Å². The first-order valence-electron chi connectivity index (χ1n) is 29.3. The topological polar surface area (TPSA) is 50.1 Å². The van der Waals surface area contributed by atoms with Crippen molar-refractivity contribution in [3.63, 3.8) is 0 Å². The van der Waals surface area contributed by atoms with E-state index in [1.807, 2.05) is 36.4 Å². The molecule has 6 nitrogen and oxygen atoms in total. The van der Waals surface area contributed by atoms with E-state index in [4.69, 9.17) is 15.0 Å². The molecule has 0 amide bonds. The van der Waals surface area contributed by atoms with Crippen LogP contribution < -0.4 is 26.2 Å². The molecule has 0 bridgehead atoms. The molecule has 0 spiro atoms. The van der Waals surface area contributed by atoms with Crippen molar-refractivity contribution in [3.8, 4) is 73.2 Å². The van der Waals surface area contributed by atoms with Crippen LogP contribution in [0.3, 0.4) is 0 Å². The molecular weight excluding hydrogens is 1030 g/mol. The Balaban J connectivity index is 0.853. The van der Waals surface area contributed by atoms with Gasteiger partial charge in [-0.05, 0) is 146 Å². The van der Waals surface area contributed by atoms with Gasteiger partial charge in [0.05, 0.1) is 16.7 Å². The van der Waals surface area contributed by atoms with Gasteiger partial charge in [0.2, 0.25) is 0 Å². The Bertz CT molecular complexity index is 4960. The van der Waals surface area contributed by atoms with Crippen molar-refractivity contribution >= 4 is 79.0 Å². The second-order valence-electron chi connectivity index (χ2n) is 23.1. The minimum absolute atomic E-state index is 0.0604. The highest BCUT2D eigenvalue weighted by molar-refractivity contribution is 7.00. The molecule has 7 heteroatoms. The maximum Gasteiger partial charge on any atom is 0.252 e. The Morgan fingerprint density at radius 1 is 0.306 bits per heavy atom. The van der Waals surface area contributed by atoms with Crippen molar-refractivity contribution in [2.75, 3.05) is 9.80 Å². The summed E-state index contributed by atoms with van der Waals surface area (Å²) in [5, 5.41) is 2.44. The largest absolute Gasteiger partial charge is 0.311 e. The molecule has 12 aromatic carbocycles. The molecule has 1 aliphatic carbocycles. The van der Waals surface area contributed by atoms with Gasteiger partial charge in [0.15, 0.2) is 17.5 Å². The number of anilines is 6. The van der Waals surface area contributed by atoms with Gasteiger partial charge in [-0.2, -0.15) is 0 Å². The average molecular weight is 1090 g/mol. The summed E-state index contributed by atoms with van der Waals surface area (Å²) in [4.78, 5) is 20.5. The molecule has 0 saturated carbocycles. The van der Waals surface area contributed by atoms with Gasteiger partial charge in [-0.25, -0.2) is 15.0 Å². The Labute approximate surface area is 494 Å². The maximum absolute atomic E-state index is 5.27. The van der Waals surface area contributed by atoms with Gasteiger partial charge in [-0.15, -0.1) is 0 Å². The van der Waals surface area contributed by atoms with Gasteiger partial charge >= 0.3 is 0 Å². The molecule has 0 N–H and O–H groups in total. The highest BCUT2D eigenvalue weighted by Gasteiger charge is 2.43. The second-order valence-corrected chi connectivity index (χ2v) is 23.1. The highest BCUT2D eigenvalue weighted by Crippen LogP contribution is 2.52. The zero-order valence-electron chi connectivity index (χ0n) is 46.9. The van der Waals surface area contributed by atoms with Crippen LogP contribution >= 0.6 is 0 Å². The van der Waals surface area contributed by atoms with E-state index in [0.29, 0.717) is 17.5 Å². The second kappa shape index (κ2) is 19.1. The standard InChI is InChI=1S/C78H53BN6/c1-78(2)63-35-14-12-33-58(63)61-48-62-59-34-13-17-38-67(59)85(73(62)49-64(61)78)68-44-43-55(77-81-75(50-23-6-3-7-24-50)80-76(82-77)51-25-8-4-9-26-51)47-60(68)54-29-20-27-52(45-54)53-28-21-32-57(46-53)84-70-40-19-16-37-66(70)79-65-36-15-18-39-69(65)83(56-30-10-5-11-31-56)71-41-22-42-72(84)74(71)79/h3-49H,1-2H3. The molecule has 0 unspecified atom stereocenters. The lowest BCUT2D eigenvalue weighted by molar-refractivity contribution is 0.661. The first-order chi connectivity index (χ1) is 41.9. The van der Waals surface area contributed by atoms with E-state index < -0.39 is 0 Å². The lowest BCUT2D eigenvalue weighted by atomic mass is 9.33. The van der Waals surface area contributed by atoms with Crippen molar-refractivity contribution in [1.82, 2.24) is 19.5 Å². The third kappa shape index (κ3) is 7.63. The number of para-hydroxylation sites is 4. The van der Waals surface area contributed by atoms with Crippen LogP contribution in [0.4, 0.5) is 34.1 Å². The predicted octanol–water partition coefficient (Wildman–Crippen LogP) is 17.7. The van der Waals surface area contributed by atoms with E-state index in [-0.39, 0.29) is 12.1 Å². The molecule has 0 atom stereocenters. The predicted molar refractivity (Wildman–Crippen MR) is 353 cm³/mol. The highest BCUT2D eigenvalue weighted by atomic mass is 15.2. The fourth-order valence-corrected chi connectivity index (χ4v) is 14.1. The van der Waals surface area contributed by atoms with Crippen LogP contribution in [0, 0.1) is 0 Å². The number of hydrogen-bond donors (Lipinski definition) is 0. The third-order valence-corrected chi connectivity index (χ3v) is 18.0. The van der Waals surface area contributed by atoms with E-state index in [2.05, 4.69) is 277 Å². The molecule has 17 rings (SSSR count). The van der Waals surface area contributed by atoms with Crippen LogP contribution in [-0.2, 0) is 5.41 Å². The summed E-state index contributed by atoms with van der Waals surface area (Å²) in [5.74, 6) is 1.85. The third-order valence-electron chi connectivity index (χ3n) is 18.0. The first kappa shape index (κ1) is 48.8. The van der Waals surface area contributed by atoms with E-state index >= 15 is 0 Å². The summed E-state index contributed by atoms with van der Waals surface area (Å²) >= 11 is 0. The number of benzene rings is 12. The van der Waals surface area contributed by atoms with Crippen molar-refractivity contribution in [1.29, 1.82) is 0 Å². The summed E-state index contributed by atoms with van der Waals surface area (Å²) in [6, 6.07) is 104. The van der Waals surface area contributed by atoms with Crippen LogP contribution in [0.5, 0.6) is 0 Å². The van der Waals surface area contributed by atoms with Gasteiger partial charge in [0, 0.05) is 72.6 Å². The SMILES string of the molecule is CC1(C)c2ccccc2-c2cc3c4ccccc4n(-c4ccc(-c5nc(-c6ccccc6)nc(-c6ccccc6)n5)cc4-c4cccc(-c5cccc(N6c7ccccc7B7c8ccccc8N(c8ccccc8)c8cccc6c87)c5)c4)c3cc21. The Morgan fingerprint density at radius 2 is 0.824 bits per heavy atom. The van der Waals surface area contributed by atoms with Crippen molar-refractivity contribution in [3.05, 3.63) is 296 Å². The number of hydrogen-bond acceptors (Lipinski definition) is 5. The Morgan fingerprint density at radius 3 is 1.53 bits per heavy atom. The van der Waals surface area contributed by atoms with Crippen LogP contribution in [0.25, 0.3) is 95.0 Å². The number of rotatable bonds is 8. The monoisotopic (exact) mass is 1080 g/mol. The summed E-state index contributed by atoms with van der Waals surface area (Å²) in [6.45, 7) is 4.80. The first-order valence-corrected chi connectivity index (χ1v) is 29.3. The normalized spacial score (nSPS) is 13.3.